The van der Waals surface area contributed by atoms with Gasteiger partial charge in [-0.15, -0.1) is 0 Å². The first-order chi connectivity index (χ1) is 14.2. The number of hydrogen-bond acceptors (Lipinski definition) is 7. The van der Waals surface area contributed by atoms with Crippen molar-refractivity contribution in [1.29, 1.82) is 0 Å². The van der Waals surface area contributed by atoms with Crippen molar-refractivity contribution >= 4 is 29.1 Å². The fourth-order valence-electron chi connectivity index (χ4n) is 3.58. The van der Waals surface area contributed by atoms with Crippen LogP contribution in [-0.4, -0.2) is 33.7 Å². The highest BCUT2D eigenvalue weighted by Crippen LogP contribution is 2.26. The predicted molar refractivity (Wildman–Crippen MR) is 112 cm³/mol. The van der Waals surface area contributed by atoms with E-state index in [1.165, 1.54) is 19.1 Å². The number of rotatable bonds is 7. The molecule has 1 saturated carbocycles. The van der Waals surface area contributed by atoms with Crippen LogP contribution in [0, 0.1) is 5.82 Å². The third-order valence-electron chi connectivity index (χ3n) is 5.23. The second-order valence-corrected chi connectivity index (χ2v) is 7.65. The largest absolute Gasteiger partial charge is 0.365 e. The van der Waals surface area contributed by atoms with Gasteiger partial charge in [-0.05, 0) is 38.0 Å². The average Bonchev–Trinajstić information content (AvgIpc) is 2.68. The number of anilines is 3. The van der Waals surface area contributed by atoms with E-state index in [1.807, 2.05) is 0 Å². The first-order valence-corrected chi connectivity index (χ1v) is 9.73. The van der Waals surface area contributed by atoms with Crippen LogP contribution in [0.2, 0.25) is 0 Å². The number of primary amides is 1. The molecule has 10 heteroatoms. The molecule has 1 heterocycles. The average molecular weight is 416 g/mol. The van der Waals surface area contributed by atoms with Crippen molar-refractivity contribution in [3.8, 4) is 0 Å². The number of amides is 1. The Morgan fingerprint density at radius 2 is 1.97 bits per heavy atom. The lowest BCUT2D eigenvalue weighted by atomic mass is 9.82. The van der Waals surface area contributed by atoms with Crippen LogP contribution in [0.15, 0.2) is 23.0 Å². The van der Waals surface area contributed by atoms with E-state index >= 15 is 0 Å². The Morgan fingerprint density at radius 1 is 1.27 bits per heavy atom. The molecule has 9 nitrogen and oxygen atoms in total. The smallest absolute Gasteiger partial charge is 0.267 e. The molecule has 1 aromatic heterocycles. The minimum absolute atomic E-state index is 0.107. The maximum atomic E-state index is 13.8. The third kappa shape index (κ3) is 4.82. The molecule has 1 aromatic carbocycles. The Labute approximate surface area is 172 Å². The van der Waals surface area contributed by atoms with Gasteiger partial charge in [-0.1, -0.05) is 19.3 Å². The van der Waals surface area contributed by atoms with Crippen LogP contribution in [0.25, 0.3) is 0 Å². The highest BCUT2D eigenvalue weighted by atomic mass is 19.1. The lowest BCUT2D eigenvalue weighted by molar-refractivity contribution is 0.0994. The molecular formula is C20H25FN6O3. The number of nitrogens with one attached hydrogen (secondary N) is 3. The monoisotopic (exact) mass is 416 g/mol. The summed E-state index contributed by atoms with van der Waals surface area (Å²) in [6.45, 7) is 1.63. The van der Waals surface area contributed by atoms with Gasteiger partial charge in [-0.25, -0.2) is 4.39 Å². The molecule has 0 aliphatic heterocycles. The van der Waals surface area contributed by atoms with Gasteiger partial charge in [0, 0.05) is 17.8 Å². The number of nitrogens with two attached hydrogens (primary N) is 2. The van der Waals surface area contributed by atoms with E-state index in [0.29, 0.717) is 6.54 Å². The number of nitrogens with zero attached hydrogens (tertiary/aromatic N) is 1. The summed E-state index contributed by atoms with van der Waals surface area (Å²) >= 11 is 0. The molecule has 7 N–H and O–H groups in total. The summed E-state index contributed by atoms with van der Waals surface area (Å²) in [4.78, 5) is 42.6. The Kier molecular flexibility index (Phi) is 6.16. The lowest BCUT2D eigenvalue weighted by Crippen LogP contribution is -2.48. The molecule has 1 aliphatic rings. The van der Waals surface area contributed by atoms with E-state index in [2.05, 4.69) is 20.6 Å². The molecule has 0 unspecified atom stereocenters. The highest BCUT2D eigenvalue weighted by molar-refractivity contribution is 5.98. The zero-order chi connectivity index (χ0) is 21.9. The molecule has 30 heavy (non-hydrogen) atoms. The van der Waals surface area contributed by atoms with Crippen molar-refractivity contribution in [2.75, 3.05) is 17.2 Å². The van der Waals surface area contributed by atoms with E-state index in [-0.39, 0.29) is 28.6 Å². The van der Waals surface area contributed by atoms with Gasteiger partial charge >= 0.3 is 0 Å². The number of hydrogen-bond donors (Lipinski definition) is 5. The molecule has 1 fully saturated rings. The first kappa shape index (κ1) is 21.4. The number of carbonyl (C=O) groups excluding carboxylic acids is 2. The minimum atomic E-state index is -0.978. The molecule has 0 spiro atoms. The van der Waals surface area contributed by atoms with E-state index in [9.17, 15) is 18.8 Å². The van der Waals surface area contributed by atoms with Crippen LogP contribution in [-0.2, 0) is 0 Å². The van der Waals surface area contributed by atoms with Gasteiger partial charge in [0.1, 0.15) is 11.4 Å². The number of ketones is 1. The van der Waals surface area contributed by atoms with E-state index in [1.54, 1.807) is 0 Å². The van der Waals surface area contributed by atoms with Gasteiger partial charge < -0.3 is 22.1 Å². The van der Waals surface area contributed by atoms with Gasteiger partial charge in [0.05, 0.1) is 5.56 Å². The van der Waals surface area contributed by atoms with Crippen LogP contribution in [0.1, 0.15) is 59.7 Å². The number of halogens is 1. The van der Waals surface area contributed by atoms with Crippen LogP contribution in [0.5, 0.6) is 0 Å². The number of carbonyl (C=O) groups is 2. The van der Waals surface area contributed by atoms with E-state index in [4.69, 9.17) is 11.5 Å². The van der Waals surface area contributed by atoms with Crippen molar-refractivity contribution in [1.82, 2.24) is 9.97 Å². The van der Waals surface area contributed by atoms with Gasteiger partial charge in [-0.3, -0.25) is 19.4 Å². The molecule has 160 valence electrons. The molecule has 2 aromatic rings. The van der Waals surface area contributed by atoms with Crippen molar-refractivity contribution in [2.24, 2.45) is 11.5 Å². The van der Waals surface area contributed by atoms with Crippen LogP contribution < -0.4 is 27.7 Å². The van der Waals surface area contributed by atoms with Gasteiger partial charge in [-0.2, -0.15) is 4.98 Å². The molecular weight excluding hydrogens is 391 g/mol. The second-order valence-electron chi connectivity index (χ2n) is 7.65. The van der Waals surface area contributed by atoms with E-state index < -0.39 is 28.6 Å². The summed E-state index contributed by atoms with van der Waals surface area (Å²) in [6, 6.07) is 3.74. The standard InChI is InChI=1S/C20H25FN6O3/c1-11(28)13-9-12(5-6-14(13)21)25-17-15(16(22)29)18(30)27-19(26-17)24-10-20(23)7-3-2-4-8-20/h5-6,9H,2-4,7-8,10,23H2,1H3,(H2,22,29)(H3,24,25,26,27,30). The lowest BCUT2D eigenvalue weighted by Gasteiger charge is -2.33. The SMILES string of the molecule is CC(=O)c1cc(Nc2nc(NCC3(N)CCCCC3)[nH]c(=O)c2C(N)=O)ccc1F. The molecule has 3 rings (SSSR count). The van der Waals surface area contributed by atoms with Crippen LogP contribution in [0.3, 0.4) is 0 Å². The summed E-state index contributed by atoms with van der Waals surface area (Å²) in [5, 5.41) is 5.81. The fraction of sp³-hybridized carbons (Fsp3) is 0.400. The molecule has 1 amide bonds. The molecule has 0 bridgehead atoms. The quantitative estimate of drug-likeness (QED) is 0.432. The predicted octanol–water partition coefficient (Wildman–Crippen LogP) is 2.03. The van der Waals surface area contributed by atoms with Gasteiger partial charge in [0.25, 0.3) is 11.5 Å². The van der Waals surface area contributed by atoms with E-state index in [0.717, 1.165) is 38.2 Å². The zero-order valence-electron chi connectivity index (χ0n) is 16.7. The molecule has 1 aliphatic carbocycles. The number of Topliss-reactive ketones (excluding diaryl/α,β-unsaturated/α-hetero) is 1. The maximum absolute atomic E-state index is 13.8. The Balaban J connectivity index is 1.90. The number of H-pyrrole nitrogens is 1. The normalized spacial score (nSPS) is 15.4. The fourth-order valence-corrected chi connectivity index (χ4v) is 3.58. The Bertz CT molecular complexity index is 1030. The summed E-state index contributed by atoms with van der Waals surface area (Å²) in [5.74, 6) is -2.10. The van der Waals surface area contributed by atoms with Crippen molar-refractivity contribution in [2.45, 2.75) is 44.6 Å². The molecule has 0 saturated heterocycles. The van der Waals surface area contributed by atoms with Crippen molar-refractivity contribution < 1.29 is 14.0 Å². The van der Waals surface area contributed by atoms with Crippen molar-refractivity contribution in [3.05, 3.63) is 45.5 Å². The van der Waals surface area contributed by atoms with Gasteiger partial charge in [0.15, 0.2) is 11.6 Å². The van der Waals surface area contributed by atoms with Gasteiger partial charge in [0.2, 0.25) is 5.95 Å². The molecule has 0 atom stereocenters. The maximum Gasteiger partial charge on any atom is 0.267 e. The number of benzene rings is 1. The minimum Gasteiger partial charge on any atom is -0.365 e. The summed E-state index contributed by atoms with van der Waals surface area (Å²) in [7, 11) is 0. The Hall–Kier alpha value is -3.27. The first-order valence-electron chi connectivity index (χ1n) is 9.73. The summed E-state index contributed by atoms with van der Waals surface area (Å²) < 4.78 is 13.8. The summed E-state index contributed by atoms with van der Waals surface area (Å²) in [5.41, 5.74) is 10.4. The highest BCUT2D eigenvalue weighted by Gasteiger charge is 2.27. The van der Waals surface area contributed by atoms with Crippen LogP contribution >= 0.6 is 0 Å². The molecule has 0 radical (unpaired) electrons. The van der Waals surface area contributed by atoms with Crippen LogP contribution in [0.4, 0.5) is 21.8 Å². The number of aromatic amines is 1. The number of aromatic nitrogens is 2. The summed E-state index contributed by atoms with van der Waals surface area (Å²) in [6.07, 6.45) is 4.95. The zero-order valence-corrected chi connectivity index (χ0v) is 16.7. The Morgan fingerprint density at radius 3 is 2.60 bits per heavy atom. The topological polar surface area (TPSA) is 156 Å². The van der Waals surface area contributed by atoms with Crippen molar-refractivity contribution in [3.63, 3.8) is 0 Å². The second kappa shape index (κ2) is 8.62. The third-order valence-corrected chi connectivity index (χ3v) is 5.23.